The van der Waals surface area contributed by atoms with Crippen molar-refractivity contribution in [3.05, 3.63) is 113 Å². The van der Waals surface area contributed by atoms with E-state index < -0.39 is 11.6 Å². The van der Waals surface area contributed by atoms with Crippen molar-refractivity contribution in [3.8, 4) is 0 Å². The Bertz CT molecular complexity index is 1240. The van der Waals surface area contributed by atoms with Crippen LogP contribution in [0.4, 0.5) is 14.7 Å². The minimum absolute atomic E-state index is 0.0670. The molecule has 1 aliphatic rings. The maximum atomic E-state index is 14.0. The Morgan fingerprint density at radius 1 is 1.06 bits per heavy atom. The van der Waals surface area contributed by atoms with Crippen LogP contribution in [-0.2, 0) is 6.54 Å². The maximum absolute atomic E-state index is 14.0. The third-order valence-corrected chi connectivity index (χ3v) is 5.72. The van der Waals surface area contributed by atoms with E-state index in [1.54, 1.807) is 12.3 Å². The Morgan fingerprint density at radius 2 is 1.75 bits per heavy atom. The van der Waals surface area contributed by atoms with E-state index in [0.29, 0.717) is 17.9 Å². The number of rotatable bonds is 7. The number of hydrogen-bond donors (Lipinski definition) is 2. The van der Waals surface area contributed by atoms with Crippen LogP contribution >= 0.6 is 0 Å². The van der Waals surface area contributed by atoms with Gasteiger partial charge >= 0.3 is 0 Å². The number of allylic oxidation sites excluding steroid dienone is 2. The molecule has 0 unspecified atom stereocenters. The lowest BCUT2D eigenvalue weighted by atomic mass is 10.0. The number of benzene rings is 2. The van der Waals surface area contributed by atoms with Crippen LogP contribution in [0.1, 0.15) is 49.6 Å². The number of nitrogens with zero attached hydrogens (tertiary/aromatic N) is 3. The highest BCUT2D eigenvalue weighted by molar-refractivity contribution is 5.88. The number of nitrogens with one attached hydrogen (secondary N) is 1. The summed E-state index contributed by atoms with van der Waals surface area (Å²) in [6.07, 6.45) is 8.77. The van der Waals surface area contributed by atoms with Gasteiger partial charge in [-0.25, -0.2) is 18.7 Å². The van der Waals surface area contributed by atoms with E-state index in [9.17, 15) is 8.78 Å². The number of halogens is 2. The molecule has 0 radical (unpaired) electrons. The van der Waals surface area contributed by atoms with E-state index in [1.807, 2.05) is 56.1 Å². The van der Waals surface area contributed by atoms with Crippen molar-refractivity contribution in [2.45, 2.75) is 40.7 Å². The molecule has 3 N–H and O–H groups in total. The van der Waals surface area contributed by atoms with Gasteiger partial charge in [-0.15, -0.1) is 0 Å². The molecule has 1 aliphatic heterocycles. The predicted octanol–water partition coefficient (Wildman–Crippen LogP) is 6.65. The Labute approximate surface area is 212 Å². The molecule has 2 heterocycles. The summed E-state index contributed by atoms with van der Waals surface area (Å²) >= 11 is 0. The first-order valence-corrected chi connectivity index (χ1v) is 12.2. The molecule has 0 atom stereocenters. The number of aryl methyl sites for hydroxylation is 1. The van der Waals surface area contributed by atoms with E-state index in [2.05, 4.69) is 34.4 Å². The fourth-order valence-electron chi connectivity index (χ4n) is 3.71. The molecule has 0 fully saturated rings. The Hall–Kier alpha value is -4.00. The standard InChI is InChI=1S/C27H27F2N5.C2H6/c1-3-19-12-15-34(16-13-19)26(25(30)20-9-7-18(2)8-10-20)24-11-14-31-27(33-24)32-17-21-22(28)5-4-6-23(21)29;1-2/h4-15H,3,16-17,30H2,1-2H3,(H,31,32,33);1-2H3/b26-25-;. The van der Waals surface area contributed by atoms with Crippen LogP contribution in [-0.4, -0.2) is 21.4 Å². The molecule has 188 valence electrons. The molecular formula is C29H33F2N5. The van der Waals surface area contributed by atoms with Crippen molar-refractivity contribution in [2.24, 2.45) is 5.73 Å². The monoisotopic (exact) mass is 489 g/mol. The number of anilines is 1. The van der Waals surface area contributed by atoms with Gasteiger partial charge in [-0.05, 0) is 48.8 Å². The minimum atomic E-state index is -0.621. The second kappa shape index (κ2) is 12.6. The highest BCUT2D eigenvalue weighted by Gasteiger charge is 2.19. The SMILES string of the molecule is CC.CCC1=CCN(/C(=C(\N)c2ccc(C)cc2)c2ccnc(NCc3c(F)cccc3F)n2)C=C1. The van der Waals surface area contributed by atoms with Crippen molar-refractivity contribution in [2.75, 3.05) is 11.9 Å². The lowest BCUT2D eigenvalue weighted by Gasteiger charge is -2.27. The molecule has 0 aliphatic carbocycles. The van der Waals surface area contributed by atoms with Gasteiger partial charge in [-0.1, -0.05) is 62.7 Å². The van der Waals surface area contributed by atoms with Crippen molar-refractivity contribution < 1.29 is 8.78 Å². The van der Waals surface area contributed by atoms with Gasteiger partial charge in [-0.3, -0.25) is 0 Å². The zero-order valence-corrected chi connectivity index (χ0v) is 21.2. The summed E-state index contributed by atoms with van der Waals surface area (Å²) in [5.74, 6) is -0.991. The first kappa shape index (κ1) is 26.6. The molecule has 0 spiro atoms. The minimum Gasteiger partial charge on any atom is -0.396 e. The van der Waals surface area contributed by atoms with Crippen LogP contribution in [0.25, 0.3) is 11.4 Å². The maximum Gasteiger partial charge on any atom is 0.223 e. The summed E-state index contributed by atoms with van der Waals surface area (Å²) in [6.45, 7) is 8.70. The average molecular weight is 490 g/mol. The molecule has 0 bridgehead atoms. The van der Waals surface area contributed by atoms with Gasteiger partial charge in [-0.2, -0.15) is 0 Å². The van der Waals surface area contributed by atoms with Crippen molar-refractivity contribution in [1.82, 2.24) is 14.9 Å². The van der Waals surface area contributed by atoms with Crippen LogP contribution < -0.4 is 11.1 Å². The first-order chi connectivity index (χ1) is 17.5. The Balaban J connectivity index is 0.00000176. The average Bonchev–Trinajstić information content (AvgIpc) is 2.91. The molecule has 2 aromatic carbocycles. The second-order valence-electron chi connectivity index (χ2n) is 8.05. The number of hydrogen-bond acceptors (Lipinski definition) is 5. The first-order valence-electron chi connectivity index (χ1n) is 12.2. The van der Waals surface area contributed by atoms with Crippen LogP contribution in [0.5, 0.6) is 0 Å². The molecule has 7 heteroatoms. The molecule has 5 nitrogen and oxygen atoms in total. The van der Waals surface area contributed by atoms with Crippen molar-refractivity contribution >= 4 is 17.3 Å². The molecule has 0 amide bonds. The van der Waals surface area contributed by atoms with Gasteiger partial charge < -0.3 is 16.0 Å². The van der Waals surface area contributed by atoms with Gasteiger partial charge in [0.1, 0.15) is 11.6 Å². The second-order valence-corrected chi connectivity index (χ2v) is 8.05. The summed E-state index contributed by atoms with van der Waals surface area (Å²) in [4.78, 5) is 10.9. The van der Waals surface area contributed by atoms with Crippen LogP contribution in [0.2, 0.25) is 0 Å². The number of nitrogens with two attached hydrogens (primary N) is 1. The summed E-state index contributed by atoms with van der Waals surface area (Å²) in [5.41, 5.74) is 11.8. The fraction of sp³-hybridized carbons (Fsp3) is 0.241. The lowest BCUT2D eigenvalue weighted by molar-refractivity contribution is 0.559. The van der Waals surface area contributed by atoms with E-state index >= 15 is 0 Å². The van der Waals surface area contributed by atoms with Crippen LogP contribution in [0, 0.1) is 18.6 Å². The van der Waals surface area contributed by atoms with Gasteiger partial charge in [0.2, 0.25) is 5.95 Å². The van der Waals surface area contributed by atoms with Crippen molar-refractivity contribution in [1.29, 1.82) is 0 Å². The van der Waals surface area contributed by atoms with E-state index in [-0.39, 0.29) is 18.1 Å². The van der Waals surface area contributed by atoms with Gasteiger partial charge in [0.25, 0.3) is 0 Å². The quantitative estimate of drug-likeness (QED) is 0.389. The summed E-state index contributed by atoms with van der Waals surface area (Å²) in [6, 6.07) is 13.5. The smallest absolute Gasteiger partial charge is 0.223 e. The summed E-state index contributed by atoms with van der Waals surface area (Å²) < 4.78 is 28.0. The largest absolute Gasteiger partial charge is 0.396 e. The topological polar surface area (TPSA) is 67.1 Å². The zero-order valence-electron chi connectivity index (χ0n) is 21.2. The highest BCUT2D eigenvalue weighted by atomic mass is 19.1. The predicted molar refractivity (Wildman–Crippen MR) is 143 cm³/mol. The van der Waals surface area contributed by atoms with Crippen LogP contribution in [0.3, 0.4) is 0 Å². The van der Waals surface area contributed by atoms with Gasteiger partial charge in [0, 0.05) is 31.0 Å². The van der Waals surface area contributed by atoms with Gasteiger partial charge in [0.15, 0.2) is 0 Å². The number of aromatic nitrogens is 2. The fourth-order valence-corrected chi connectivity index (χ4v) is 3.71. The zero-order chi connectivity index (χ0) is 26.1. The molecule has 36 heavy (non-hydrogen) atoms. The van der Waals surface area contributed by atoms with E-state index in [1.165, 1.54) is 23.8 Å². The lowest BCUT2D eigenvalue weighted by Crippen LogP contribution is -2.23. The normalized spacial score (nSPS) is 13.4. The summed E-state index contributed by atoms with van der Waals surface area (Å²) in [7, 11) is 0. The van der Waals surface area contributed by atoms with E-state index in [4.69, 9.17) is 5.73 Å². The molecule has 4 rings (SSSR count). The molecule has 3 aromatic rings. The van der Waals surface area contributed by atoms with Crippen LogP contribution in [0.15, 0.2) is 78.7 Å². The Kier molecular flexibility index (Phi) is 9.33. The molecule has 0 saturated heterocycles. The highest BCUT2D eigenvalue weighted by Crippen LogP contribution is 2.28. The van der Waals surface area contributed by atoms with Gasteiger partial charge in [0.05, 0.1) is 17.1 Å². The summed E-state index contributed by atoms with van der Waals surface area (Å²) in [5, 5.41) is 2.93. The third kappa shape index (κ3) is 6.36. The Morgan fingerprint density at radius 3 is 2.36 bits per heavy atom. The molecular weight excluding hydrogens is 456 g/mol. The molecule has 0 saturated carbocycles. The van der Waals surface area contributed by atoms with E-state index in [0.717, 1.165) is 23.2 Å². The molecule has 1 aromatic heterocycles. The third-order valence-electron chi connectivity index (χ3n) is 5.72. The van der Waals surface area contributed by atoms with Crippen molar-refractivity contribution in [3.63, 3.8) is 0 Å².